The average molecular weight is 281 g/mol. The first-order valence-electron chi connectivity index (χ1n) is 4.77. The van der Waals surface area contributed by atoms with E-state index in [0.717, 1.165) is 5.69 Å². The molecule has 2 rings (SSSR count). The van der Waals surface area contributed by atoms with Crippen LogP contribution < -0.4 is 5.56 Å². The Hall–Kier alpha value is -1.56. The van der Waals surface area contributed by atoms with E-state index in [1.165, 1.54) is 6.33 Å². The third-order valence-electron chi connectivity index (χ3n) is 2.09. The zero-order chi connectivity index (χ0) is 11.5. The molecule has 0 fully saturated rings. The first-order chi connectivity index (χ1) is 7.72. The van der Waals surface area contributed by atoms with E-state index < -0.39 is 0 Å². The highest BCUT2D eigenvalue weighted by atomic mass is 79.9. The minimum atomic E-state index is -0.194. The number of nitrogens with zero attached hydrogens (tertiary/aromatic N) is 3. The summed E-state index contributed by atoms with van der Waals surface area (Å²) in [4.78, 5) is 26.4. The fraction of sp³-hybridized carbons (Fsp3) is 0.200. The van der Waals surface area contributed by atoms with E-state index >= 15 is 0 Å². The summed E-state index contributed by atoms with van der Waals surface area (Å²) in [5.74, 6) is 0.465. The number of rotatable bonds is 2. The van der Waals surface area contributed by atoms with E-state index in [9.17, 15) is 4.79 Å². The Kier molecular flexibility index (Phi) is 3.09. The summed E-state index contributed by atoms with van der Waals surface area (Å²) in [6.07, 6.45) is 3.71. The Morgan fingerprint density at radius 2 is 2.31 bits per heavy atom. The molecule has 82 valence electrons. The molecule has 0 unspecified atom stereocenters. The van der Waals surface area contributed by atoms with Crippen LogP contribution in [-0.4, -0.2) is 19.9 Å². The van der Waals surface area contributed by atoms with Gasteiger partial charge in [0.2, 0.25) is 0 Å². The fourth-order valence-corrected chi connectivity index (χ4v) is 1.76. The zero-order valence-electron chi connectivity index (χ0n) is 8.57. The molecule has 0 amide bonds. The van der Waals surface area contributed by atoms with E-state index in [0.29, 0.717) is 22.4 Å². The van der Waals surface area contributed by atoms with Gasteiger partial charge in [-0.2, -0.15) is 0 Å². The largest absolute Gasteiger partial charge is 0.304 e. The highest BCUT2D eigenvalue weighted by molar-refractivity contribution is 9.10. The Labute approximate surface area is 100 Å². The van der Waals surface area contributed by atoms with Crippen molar-refractivity contribution in [2.45, 2.75) is 13.3 Å². The molecule has 0 saturated heterocycles. The van der Waals surface area contributed by atoms with Crippen LogP contribution in [0.5, 0.6) is 0 Å². The molecular weight excluding hydrogens is 272 g/mol. The van der Waals surface area contributed by atoms with Crippen molar-refractivity contribution in [2.24, 2.45) is 0 Å². The van der Waals surface area contributed by atoms with Crippen LogP contribution in [0.25, 0.3) is 11.5 Å². The molecule has 1 N–H and O–H groups in total. The number of aryl methyl sites for hydroxylation is 1. The molecule has 2 heterocycles. The van der Waals surface area contributed by atoms with Crippen LogP contribution in [0.15, 0.2) is 27.9 Å². The lowest BCUT2D eigenvalue weighted by molar-refractivity contribution is 0.961. The predicted molar refractivity (Wildman–Crippen MR) is 63.0 cm³/mol. The molecule has 0 saturated carbocycles. The summed E-state index contributed by atoms with van der Waals surface area (Å²) in [6.45, 7) is 1.94. The van der Waals surface area contributed by atoms with E-state index in [1.807, 2.05) is 6.92 Å². The van der Waals surface area contributed by atoms with Crippen LogP contribution in [0.1, 0.15) is 12.6 Å². The van der Waals surface area contributed by atoms with Gasteiger partial charge in [0.1, 0.15) is 16.5 Å². The van der Waals surface area contributed by atoms with Gasteiger partial charge >= 0.3 is 0 Å². The Balaban J connectivity index is 2.60. The number of halogens is 1. The summed E-state index contributed by atoms with van der Waals surface area (Å²) in [7, 11) is 0. The van der Waals surface area contributed by atoms with E-state index in [2.05, 4.69) is 35.9 Å². The van der Waals surface area contributed by atoms with Gasteiger partial charge in [0.15, 0.2) is 5.82 Å². The maximum absolute atomic E-state index is 11.6. The smallest absolute Gasteiger partial charge is 0.265 e. The lowest BCUT2D eigenvalue weighted by Crippen LogP contribution is -2.13. The summed E-state index contributed by atoms with van der Waals surface area (Å²) < 4.78 is 0.479. The molecule has 0 bridgehead atoms. The van der Waals surface area contributed by atoms with Crippen molar-refractivity contribution in [3.05, 3.63) is 39.1 Å². The van der Waals surface area contributed by atoms with Gasteiger partial charge in [-0.1, -0.05) is 6.92 Å². The molecule has 0 aliphatic carbocycles. The molecule has 0 aliphatic rings. The highest BCUT2D eigenvalue weighted by Crippen LogP contribution is 2.14. The number of hydrogen-bond donors (Lipinski definition) is 1. The third kappa shape index (κ3) is 2.01. The molecule has 2 aromatic rings. The van der Waals surface area contributed by atoms with Crippen molar-refractivity contribution in [3.63, 3.8) is 0 Å². The van der Waals surface area contributed by atoms with Gasteiger partial charge in [0.25, 0.3) is 5.56 Å². The summed E-state index contributed by atoms with van der Waals surface area (Å²) in [6, 6.07) is 1.70. The van der Waals surface area contributed by atoms with Gasteiger partial charge in [0, 0.05) is 6.20 Å². The number of H-pyrrole nitrogens is 1. The normalized spacial score (nSPS) is 10.4. The van der Waals surface area contributed by atoms with Crippen molar-refractivity contribution in [1.82, 2.24) is 19.9 Å². The lowest BCUT2D eigenvalue weighted by Gasteiger charge is -2.03. The Morgan fingerprint density at radius 1 is 1.50 bits per heavy atom. The molecule has 6 heteroatoms. The van der Waals surface area contributed by atoms with Gasteiger partial charge in [-0.15, -0.1) is 0 Å². The first-order valence-corrected chi connectivity index (χ1v) is 5.56. The summed E-state index contributed by atoms with van der Waals surface area (Å²) in [5, 5.41) is 0. The molecule has 0 atom stereocenters. The van der Waals surface area contributed by atoms with Gasteiger partial charge in [-0.3, -0.25) is 4.79 Å². The van der Waals surface area contributed by atoms with Gasteiger partial charge in [0.05, 0.1) is 5.69 Å². The van der Waals surface area contributed by atoms with E-state index in [1.54, 1.807) is 12.3 Å². The minimum absolute atomic E-state index is 0.194. The monoisotopic (exact) mass is 280 g/mol. The second-order valence-electron chi connectivity index (χ2n) is 3.12. The predicted octanol–water partition coefficient (Wildman–Crippen LogP) is 1.55. The maximum Gasteiger partial charge on any atom is 0.265 e. The number of nitrogens with one attached hydrogen (secondary N) is 1. The first kappa shape index (κ1) is 10.9. The molecule has 16 heavy (non-hydrogen) atoms. The molecule has 5 nitrogen and oxygen atoms in total. The SMILES string of the molecule is CCc1nc(-c2ccncn2)[nH]c(=O)c1Br. The molecular formula is C10H9BrN4O. The lowest BCUT2D eigenvalue weighted by atomic mass is 10.3. The third-order valence-corrected chi connectivity index (χ3v) is 2.91. The number of aromatic amines is 1. The van der Waals surface area contributed by atoms with Gasteiger partial charge in [-0.05, 0) is 28.4 Å². The molecule has 0 spiro atoms. The van der Waals surface area contributed by atoms with Gasteiger partial charge in [-0.25, -0.2) is 15.0 Å². The Morgan fingerprint density at radius 3 is 2.94 bits per heavy atom. The van der Waals surface area contributed by atoms with Crippen molar-refractivity contribution in [1.29, 1.82) is 0 Å². The van der Waals surface area contributed by atoms with Crippen molar-refractivity contribution < 1.29 is 0 Å². The Bertz CT molecular complexity index is 552. The second kappa shape index (κ2) is 4.52. The van der Waals surface area contributed by atoms with Crippen LogP contribution in [0, 0.1) is 0 Å². The minimum Gasteiger partial charge on any atom is -0.304 e. The second-order valence-corrected chi connectivity index (χ2v) is 3.92. The molecule has 0 radical (unpaired) electrons. The highest BCUT2D eigenvalue weighted by Gasteiger charge is 2.09. The van der Waals surface area contributed by atoms with Crippen LogP contribution in [0.2, 0.25) is 0 Å². The maximum atomic E-state index is 11.6. The standard InChI is InChI=1S/C10H9BrN4O/c1-2-6-8(11)10(16)15-9(14-6)7-3-4-12-5-13-7/h3-5H,2H2,1H3,(H,14,15,16). The van der Waals surface area contributed by atoms with Crippen LogP contribution in [0.3, 0.4) is 0 Å². The fourth-order valence-electron chi connectivity index (χ4n) is 1.29. The van der Waals surface area contributed by atoms with E-state index in [4.69, 9.17) is 0 Å². The van der Waals surface area contributed by atoms with Crippen molar-refractivity contribution >= 4 is 15.9 Å². The van der Waals surface area contributed by atoms with Crippen molar-refractivity contribution in [3.8, 4) is 11.5 Å². The van der Waals surface area contributed by atoms with Crippen LogP contribution in [-0.2, 0) is 6.42 Å². The van der Waals surface area contributed by atoms with Crippen LogP contribution >= 0.6 is 15.9 Å². The topological polar surface area (TPSA) is 71.5 Å². The van der Waals surface area contributed by atoms with Gasteiger partial charge < -0.3 is 4.98 Å². The zero-order valence-corrected chi connectivity index (χ0v) is 10.2. The molecule has 0 aliphatic heterocycles. The number of hydrogen-bond acceptors (Lipinski definition) is 4. The quantitative estimate of drug-likeness (QED) is 0.906. The van der Waals surface area contributed by atoms with Crippen LogP contribution in [0.4, 0.5) is 0 Å². The molecule has 0 aromatic carbocycles. The van der Waals surface area contributed by atoms with E-state index in [-0.39, 0.29) is 5.56 Å². The number of aromatic nitrogens is 4. The van der Waals surface area contributed by atoms with Crippen molar-refractivity contribution in [2.75, 3.05) is 0 Å². The average Bonchev–Trinajstić information content (AvgIpc) is 2.33. The molecule has 2 aromatic heterocycles. The summed E-state index contributed by atoms with van der Waals surface area (Å²) in [5.41, 5.74) is 1.13. The summed E-state index contributed by atoms with van der Waals surface area (Å²) >= 11 is 3.21.